The van der Waals surface area contributed by atoms with Gasteiger partial charge in [-0.3, -0.25) is 14.4 Å². The molecule has 13 heteroatoms. The average Bonchev–Trinajstić information content (AvgIpc) is 3.35. The van der Waals surface area contributed by atoms with E-state index < -0.39 is 48.4 Å². The van der Waals surface area contributed by atoms with E-state index in [0.717, 1.165) is 0 Å². The zero-order valence-corrected chi connectivity index (χ0v) is 19.8. The number of nitrogens with zero attached hydrogens (tertiary/aromatic N) is 1. The standard InChI is InChI=1S/C23H33N7O6/c24-8-2-1-3-18(23(35)36)30-22(34)19(9-14-4-6-16(31)7-5-14)29-20(32)12-27-21(33)17(25)10-15-11-26-13-28-15/h4-7,11,13,17-19,31H,1-3,8-10,12,24-25H2,(H,26,28)(H,27,33)(H,29,32)(H,30,34)(H,35,36). The molecule has 196 valence electrons. The first-order valence-electron chi connectivity index (χ1n) is 11.5. The summed E-state index contributed by atoms with van der Waals surface area (Å²) in [5.41, 5.74) is 12.6. The van der Waals surface area contributed by atoms with Crippen LogP contribution in [0.4, 0.5) is 0 Å². The predicted molar refractivity (Wildman–Crippen MR) is 129 cm³/mol. The quantitative estimate of drug-likeness (QED) is 0.132. The summed E-state index contributed by atoms with van der Waals surface area (Å²) in [6, 6.07) is 2.82. The number of aromatic hydroxyl groups is 1. The number of aliphatic carboxylic acids is 1. The van der Waals surface area contributed by atoms with Crippen molar-refractivity contribution in [1.29, 1.82) is 0 Å². The van der Waals surface area contributed by atoms with E-state index in [-0.39, 0.29) is 25.0 Å². The van der Waals surface area contributed by atoms with Crippen LogP contribution in [0.5, 0.6) is 5.75 Å². The number of benzene rings is 1. The molecule has 0 saturated heterocycles. The van der Waals surface area contributed by atoms with E-state index >= 15 is 0 Å². The summed E-state index contributed by atoms with van der Waals surface area (Å²) in [6.07, 6.45) is 4.51. The Morgan fingerprint density at radius 1 is 1.00 bits per heavy atom. The molecular formula is C23H33N7O6. The van der Waals surface area contributed by atoms with Gasteiger partial charge in [-0.25, -0.2) is 9.78 Å². The maximum Gasteiger partial charge on any atom is 0.326 e. The monoisotopic (exact) mass is 503 g/mol. The Morgan fingerprint density at radius 2 is 1.72 bits per heavy atom. The Hall–Kier alpha value is -3.97. The van der Waals surface area contributed by atoms with Gasteiger partial charge in [-0.15, -0.1) is 0 Å². The van der Waals surface area contributed by atoms with Crippen molar-refractivity contribution in [2.24, 2.45) is 11.5 Å². The third-order valence-electron chi connectivity index (χ3n) is 5.34. The molecule has 0 saturated carbocycles. The molecule has 13 nitrogen and oxygen atoms in total. The number of nitrogens with two attached hydrogens (primary N) is 2. The van der Waals surface area contributed by atoms with Crippen molar-refractivity contribution in [2.75, 3.05) is 13.1 Å². The van der Waals surface area contributed by atoms with Gasteiger partial charge in [-0.1, -0.05) is 12.1 Å². The molecule has 1 heterocycles. The maximum atomic E-state index is 12.9. The van der Waals surface area contributed by atoms with E-state index in [1.165, 1.54) is 24.7 Å². The van der Waals surface area contributed by atoms with Crippen molar-refractivity contribution in [3.63, 3.8) is 0 Å². The molecule has 0 aliphatic carbocycles. The third-order valence-corrected chi connectivity index (χ3v) is 5.34. The van der Waals surface area contributed by atoms with E-state index in [4.69, 9.17) is 11.5 Å². The van der Waals surface area contributed by atoms with Crippen molar-refractivity contribution in [3.05, 3.63) is 48.0 Å². The number of hydrogen-bond donors (Lipinski definition) is 8. The molecule has 10 N–H and O–H groups in total. The number of phenols is 1. The zero-order valence-electron chi connectivity index (χ0n) is 19.8. The lowest BCUT2D eigenvalue weighted by molar-refractivity contribution is -0.142. The van der Waals surface area contributed by atoms with Gasteiger partial charge in [0.2, 0.25) is 17.7 Å². The largest absolute Gasteiger partial charge is 0.508 e. The van der Waals surface area contributed by atoms with Gasteiger partial charge in [0.1, 0.15) is 17.8 Å². The number of rotatable bonds is 15. The average molecular weight is 504 g/mol. The Balaban J connectivity index is 2.00. The number of carbonyl (C=O) groups excluding carboxylic acids is 3. The molecule has 0 aliphatic heterocycles. The second-order valence-electron chi connectivity index (χ2n) is 8.28. The third kappa shape index (κ3) is 9.72. The minimum absolute atomic E-state index is 0.0281. The van der Waals surface area contributed by atoms with E-state index in [0.29, 0.717) is 30.6 Å². The number of imidazole rings is 1. The molecule has 3 amide bonds. The molecule has 0 fully saturated rings. The lowest BCUT2D eigenvalue weighted by atomic mass is 10.0. The van der Waals surface area contributed by atoms with Crippen LogP contribution >= 0.6 is 0 Å². The van der Waals surface area contributed by atoms with Crippen LogP contribution in [0, 0.1) is 0 Å². The first kappa shape index (κ1) is 28.3. The fraction of sp³-hybridized carbons (Fsp3) is 0.435. The van der Waals surface area contributed by atoms with Crippen LogP contribution in [-0.2, 0) is 32.0 Å². The lowest BCUT2D eigenvalue weighted by Gasteiger charge is -2.22. The normalized spacial score (nSPS) is 13.3. The van der Waals surface area contributed by atoms with Crippen LogP contribution in [0.2, 0.25) is 0 Å². The van der Waals surface area contributed by atoms with Crippen molar-refractivity contribution >= 4 is 23.7 Å². The lowest BCUT2D eigenvalue weighted by Crippen LogP contribution is -2.54. The van der Waals surface area contributed by atoms with Crippen molar-refractivity contribution in [1.82, 2.24) is 25.9 Å². The fourth-order valence-electron chi connectivity index (χ4n) is 3.37. The SMILES string of the molecule is NCCCCC(NC(=O)C(Cc1ccc(O)cc1)NC(=O)CNC(=O)C(N)Cc1cnc[nH]1)C(=O)O. The fourth-order valence-corrected chi connectivity index (χ4v) is 3.37. The van der Waals surface area contributed by atoms with E-state index in [1.54, 1.807) is 12.1 Å². The summed E-state index contributed by atoms with van der Waals surface area (Å²) in [4.78, 5) is 56.0. The molecule has 0 spiro atoms. The predicted octanol–water partition coefficient (Wildman–Crippen LogP) is -1.47. The Morgan fingerprint density at radius 3 is 2.33 bits per heavy atom. The topological polar surface area (TPSA) is 226 Å². The molecule has 3 unspecified atom stereocenters. The van der Waals surface area contributed by atoms with Gasteiger partial charge in [0.15, 0.2) is 0 Å². The van der Waals surface area contributed by atoms with Gasteiger partial charge in [-0.05, 0) is 43.5 Å². The molecule has 1 aromatic heterocycles. The minimum atomic E-state index is -1.20. The highest BCUT2D eigenvalue weighted by Gasteiger charge is 2.27. The summed E-state index contributed by atoms with van der Waals surface area (Å²) >= 11 is 0. The molecule has 36 heavy (non-hydrogen) atoms. The molecule has 2 aromatic rings. The second-order valence-corrected chi connectivity index (χ2v) is 8.28. The molecular weight excluding hydrogens is 470 g/mol. The molecule has 3 atom stereocenters. The number of phenolic OH excluding ortho intramolecular Hbond substituents is 1. The van der Waals surface area contributed by atoms with Crippen molar-refractivity contribution < 1.29 is 29.4 Å². The number of aromatic amines is 1. The van der Waals surface area contributed by atoms with Crippen LogP contribution in [0.3, 0.4) is 0 Å². The maximum absolute atomic E-state index is 12.9. The van der Waals surface area contributed by atoms with E-state index in [9.17, 15) is 29.4 Å². The number of carbonyl (C=O) groups is 4. The highest BCUT2D eigenvalue weighted by Crippen LogP contribution is 2.12. The summed E-state index contributed by atoms with van der Waals surface area (Å²) < 4.78 is 0. The van der Waals surface area contributed by atoms with Gasteiger partial charge in [0, 0.05) is 24.7 Å². The van der Waals surface area contributed by atoms with Gasteiger partial charge in [0.05, 0.1) is 18.9 Å². The highest BCUT2D eigenvalue weighted by atomic mass is 16.4. The smallest absolute Gasteiger partial charge is 0.326 e. The zero-order chi connectivity index (χ0) is 26.5. The van der Waals surface area contributed by atoms with Crippen molar-refractivity contribution in [2.45, 2.75) is 50.2 Å². The van der Waals surface area contributed by atoms with E-state index in [1.807, 2.05) is 0 Å². The van der Waals surface area contributed by atoms with Gasteiger partial charge in [0.25, 0.3) is 0 Å². The molecule has 1 aromatic carbocycles. The van der Waals surface area contributed by atoms with E-state index in [2.05, 4.69) is 25.9 Å². The van der Waals surface area contributed by atoms with Crippen molar-refractivity contribution in [3.8, 4) is 5.75 Å². The minimum Gasteiger partial charge on any atom is -0.508 e. The summed E-state index contributed by atoms with van der Waals surface area (Å²) in [7, 11) is 0. The van der Waals surface area contributed by atoms with Gasteiger partial charge in [-0.2, -0.15) is 0 Å². The molecule has 0 aliphatic rings. The summed E-state index contributed by atoms with van der Waals surface area (Å²) in [6.45, 7) is -0.0369. The summed E-state index contributed by atoms with van der Waals surface area (Å²) in [5, 5.41) is 26.4. The Bertz CT molecular complexity index is 997. The summed E-state index contributed by atoms with van der Waals surface area (Å²) in [5.74, 6) is -3.09. The molecule has 2 rings (SSSR count). The number of aromatic nitrogens is 2. The number of H-pyrrole nitrogens is 1. The number of unbranched alkanes of at least 4 members (excludes halogenated alkanes) is 1. The molecule has 0 radical (unpaired) electrons. The van der Waals surface area contributed by atoms with Gasteiger partial charge >= 0.3 is 5.97 Å². The van der Waals surface area contributed by atoms with Crippen LogP contribution in [0.25, 0.3) is 0 Å². The Labute approximate surface area is 208 Å². The first-order chi connectivity index (χ1) is 17.2. The van der Waals surface area contributed by atoms with Crippen LogP contribution in [0.15, 0.2) is 36.8 Å². The number of carboxylic acids is 1. The van der Waals surface area contributed by atoms with Crippen LogP contribution < -0.4 is 27.4 Å². The Kier molecular flexibility index (Phi) is 11.3. The highest BCUT2D eigenvalue weighted by molar-refractivity contribution is 5.92. The number of hydrogen-bond acceptors (Lipinski definition) is 8. The van der Waals surface area contributed by atoms with Gasteiger partial charge < -0.3 is 42.6 Å². The molecule has 0 bridgehead atoms. The number of carboxylic acid groups (broad SMARTS) is 1. The number of nitrogens with one attached hydrogen (secondary N) is 4. The first-order valence-corrected chi connectivity index (χ1v) is 11.5. The second kappa shape index (κ2) is 14.4. The van der Waals surface area contributed by atoms with Crippen LogP contribution in [-0.4, -0.2) is 75.1 Å². The van der Waals surface area contributed by atoms with Crippen LogP contribution in [0.1, 0.15) is 30.5 Å². The number of amides is 3.